The number of aromatic nitrogens is 1. The van der Waals surface area contributed by atoms with Crippen LogP contribution in [0, 0.1) is 5.82 Å². The van der Waals surface area contributed by atoms with Crippen LogP contribution in [-0.4, -0.2) is 28.9 Å². The Bertz CT molecular complexity index is 727. The van der Waals surface area contributed by atoms with Gasteiger partial charge in [0.1, 0.15) is 5.82 Å². The van der Waals surface area contributed by atoms with Gasteiger partial charge in [0, 0.05) is 30.6 Å². The van der Waals surface area contributed by atoms with E-state index in [1.54, 1.807) is 23.5 Å². The lowest BCUT2D eigenvalue weighted by atomic mass is 9.63. The lowest BCUT2D eigenvalue weighted by Gasteiger charge is -2.45. The Labute approximate surface area is 145 Å². The van der Waals surface area contributed by atoms with Gasteiger partial charge in [-0.3, -0.25) is 4.79 Å². The highest BCUT2D eigenvalue weighted by molar-refractivity contribution is 7.09. The standard InChI is InChI=1S/C19H21FN2OS/c20-16-6-1-5-15(12-16)19(7-3-8-19)18(23)22-10-2-4-14(13-22)17-21-9-11-24-17/h1,5-6,9,11-12,14H,2-4,7-8,10,13H2/t14-/m0/s1. The zero-order valence-corrected chi connectivity index (χ0v) is 14.4. The van der Waals surface area contributed by atoms with Gasteiger partial charge >= 0.3 is 0 Å². The molecule has 2 heterocycles. The second-order valence-electron chi connectivity index (χ2n) is 6.91. The van der Waals surface area contributed by atoms with Crippen molar-refractivity contribution >= 4 is 17.2 Å². The molecule has 2 aromatic rings. The predicted molar refractivity (Wildman–Crippen MR) is 92.6 cm³/mol. The van der Waals surface area contributed by atoms with Gasteiger partial charge in [-0.05, 0) is 43.4 Å². The van der Waals surface area contributed by atoms with Gasteiger partial charge in [-0.25, -0.2) is 9.37 Å². The second-order valence-corrected chi connectivity index (χ2v) is 7.83. The quantitative estimate of drug-likeness (QED) is 0.839. The molecule has 0 unspecified atom stereocenters. The van der Waals surface area contributed by atoms with E-state index in [9.17, 15) is 9.18 Å². The van der Waals surface area contributed by atoms with Crippen molar-refractivity contribution in [2.75, 3.05) is 13.1 Å². The minimum Gasteiger partial charge on any atom is -0.341 e. The molecule has 3 nitrogen and oxygen atoms in total. The van der Waals surface area contributed by atoms with Crippen LogP contribution in [0.2, 0.25) is 0 Å². The minimum absolute atomic E-state index is 0.181. The van der Waals surface area contributed by atoms with Crippen LogP contribution in [0.15, 0.2) is 35.8 Å². The first kappa shape index (κ1) is 15.8. The molecule has 1 aliphatic carbocycles. The first-order valence-electron chi connectivity index (χ1n) is 8.64. The predicted octanol–water partition coefficient (Wildman–Crippen LogP) is 4.11. The summed E-state index contributed by atoms with van der Waals surface area (Å²) in [5.41, 5.74) is 0.336. The number of amides is 1. The lowest BCUT2D eigenvalue weighted by molar-refractivity contribution is -0.142. The SMILES string of the molecule is O=C(N1CCC[C@H](c2nccs2)C1)C1(c2cccc(F)c2)CCC1. The number of piperidine rings is 1. The van der Waals surface area contributed by atoms with Gasteiger partial charge in [0.05, 0.1) is 10.4 Å². The number of carbonyl (C=O) groups is 1. The molecule has 1 amide bonds. The van der Waals surface area contributed by atoms with Gasteiger partial charge in [0.2, 0.25) is 5.91 Å². The van der Waals surface area contributed by atoms with Crippen LogP contribution in [0.5, 0.6) is 0 Å². The highest BCUT2D eigenvalue weighted by atomic mass is 32.1. The van der Waals surface area contributed by atoms with Gasteiger partial charge in [0.15, 0.2) is 0 Å². The van der Waals surface area contributed by atoms with E-state index in [-0.39, 0.29) is 11.7 Å². The maximum atomic E-state index is 13.7. The number of thiazole rings is 1. The molecule has 0 spiro atoms. The first-order chi connectivity index (χ1) is 11.7. The van der Waals surface area contributed by atoms with Crippen LogP contribution in [0.3, 0.4) is 0 Å². The average molecular weight is 344 g/mol. The van der Waals surface area contributed by atoms with Crippen LogP contribution in [0.1, 0.15) is 48.6 Å². The molecule has 0 N–H and O–H groups in total. The van der Waals surface area contributed by atoms with Crippen molar-refractivity contribution in [3.63, 3.8) is 0 Å². The van der Waals surface area contributed by atoms with Gasteiger partial charge in [0.25, 0.3) is 0 Å². The smallest absolute Gasteiger partial charge is 0.233 e. The average Bonchev–Trinajstić information content (AvgIpc) is 3.08. The van der Waals surface area contributed by atoms with Gasteiger partial charge in [-0.15, -0.1) is 11.3 Å². The fraction of sp³-hybridized carbons (Fsp3) is 0.474. The monoisotopic (exact) mass is 344 g/mol. The molecule has 126 valence electrons. The summed E-state index contributed by atoms with van der Waals surface area (Å²) in [4.78, 5) is 19.7. The molecule has 1 saturated carbocycles. The summed E-state index contributed by atoms with van der Waals surface area (Å²) in [5, 5.41) is 3.12. The number of likely N-dealkylation sites (tertiary alicyclic amines) is 1. The third kappa shape index (κ3) is 2.65. The van der Waals surface area contributed by atoms with Crippen LogP contribution < -0.4 is 0 Å². The van der Waals surface area contributed by atoms with Crippen molar-refractivity contribution in [3.05, 3.63) is 52.2 Å². The Morgan fingerprint density at radius 2 is 2.21 bits per heavy atom. The Hall–Kier alpha value is -1.75. The summed E-state index contributed by atoms with van der Waals surface area (Å²) in [5.74, 6) is 0.263. The van der Waals surface area contributed by atoms with Crippen molar-refractivity contribution in [3.8, 4) is 0 Å². The molecule has 0 bridgehead atoms. The van der Waals surface area contributed by atoms with Crippen LogP contribution in [-0.2, 0) is 10.2 Å². The molecule has 2 aliphatic rings. The molecule has 24 heavy (non-hydrogen) atoms. The van der Waals surface area contributed by atoms with Gasteiger partial charge in [-0.2, -0.15) is 0 Å². The second kappa shape index (κ2) is 6.28. The van der Waals surface area contributed by atoms with Crippen molar-refractivity contribution in [2.45, 2.75) is 43.4 Å². The number of rotatable bonds is 3. The third-order valence-electron chi connectivity index (χ3n) is 5.50. The van der Waals surface area contributed by atoms with Gasteiger partial charge in [-0.1, -0.05) is 18.6 Å². The van der Waals surface area contributed by atoms with E-state index in [1.165, 1.54) is 6.07 Å². The number of benzene rings is 1. The van der Waals surface area contributed by atoms with Crippen molar-refractivity contribution < 1.29 is 9.18 Å². The Kier molecular flexibility index (Phi) is 4.12. The molecule has 1 aromatic carbocycles. The zero-order chi connectivity index (χ0) is 16.6. The molecular formula is C19H21FN2OS. The maximum Gasteiger partial charge on any atom is 0.233 e. The molecule has 1 atom stereocenters. The molecule has 1 aromatic heterocycles. The molecule has 0 radical (unpaired) electrons. The topological polar surface area (TPSA) is 33.2 Å². The maximum absolute atomic E-state index is 13.7. The molecule has 2 fully saturated rings. The Morgan fingerprint density at radius 1 is 1.33 bits per heavy atom. The molecule has 5 heteroatoms. The number of nitrogens with zero attached hydrogens (tertiary/aromatic N) is 2. The van der Waals surface area contributed by atoms with Crippen molar-refractivity contribution in [1.29, 1.82) is 0 Å². The summed E-state index contributed by atoms with van der Waals surface area (Å²) in [6.45, 7) is 1.54. The minimum atomic E-state index is -0.507. The van der Waals surface area contributed by atoms with E-state index >= 15 is 0 Å². The number of hydrogen-bond acceptors (Lipinski definition) is 3. The molecule has 1 saturated heterocycles. The van der Waals surface area contributed by atoms with Crippen molar-refractivity contribution in [1.82, 2.24) is 9.88 Å². The Morgan fingerprint density at radius 3 is 2.88 bits per heavy atom. The van der Waals surface area contributed by atoms with E-state index in [1.807, 2.05) is 22.5 Å². The van der Waals surface area contributed by atoms with Crippen LogP contribution in [0.25, 0.3) is 0 Å². The summed E-state index contributed by atoms with van der Waals surface area (Å²) >= 11 is 1.67. The summed E-state index contributed by atoms with van der Waals surface area (Å²) in [6, 6.07) is 6.61. The summed E-state index contributed by atoms with van der Waals surface area (Å²) < 4.78 is 13.7. The van der Waals surface area contributed by atoms with E-state index < -0.39 is 5.41 Å². The highest BCUT2D eigenvalue weighted by Gasteiger charge is 2.48. The molecule has 1 aliphatic heterocycles. The molecular weight excluding hydrogens is 323 g/mol. The fourth-order valence-corrected chi connectivity index (χ4v) is 4.81. The van der Waals surface area contributed by atoms with Crippen LogP contribution >= 0.6 is 11.3 Å². The Balaban J connectivity index is 1.57. The van der Waals surface area contributed by atoms with Crippen molar-refractivity contribution in [2.24, 2.45) is 0 Å². The highest BCUT2D eigenvalue weighted by Crippen LogP contribution is 2.46. The van der Waals surface area contributed by atoms with E-state index in [0.29, 0.717) is 5.92 Å². The van der Waals surface area contributed by atoms with Gasteiger partial charge < -0.3 is 4.90 Å². The van der Waals surface area contributed by atoms with Crippen LogP contribution in [0.4, 0.5) is 4.39 Å². The van der Waals surface area contributed by atoms with E-state index in [0.717, 1.165) is 55.8 Å². The summed E-state index contributed by atoms with van der Waals surface area (Å²) in [7, 11) is 0. The van der Waals surface area contributed by atoms with E-state index in [4.69, 9.17) is 0 Å². The largest absolute Gasteiger partial charge is 0.341 e. The normalized spacial score (nSPS) is 22.9. The number of carbonyl (C=O) groups excluding carboxylic acids is 1. The van der Waals surface area contributed by atoms with E-state index in [2.05, 4.69) is 4.98 Å². The zero-order valence-electron chi connectivity index (χ0n) is 13.6. The number of halogens is 1. The summed E-state index contributed by atoms with van der Waals surface area (Å²) in [6.07, 6.45) is 6.62. The molecule has 4 rings (SSSR count). The third-order valence-corrected chi connectivity index (χ3v) is 6.44. The lowest BCUT2D eigenvalue weighted by Crippen LogP contribution is -2.53. The number of hydrogen-bond donors (Lipinski definition) is 0. The fourth-order valence-electron chi connectivity index (χ4n) is 4.04. The first-order valence-corrected chi connectivity index (χ1v) is 9.52.